The molecule has 1 amide bonds. The highest BCUT2D eigenvalue weighted by atomic mass is 16.5. The van der Waals surface area contributed by atoms with Crippen molar-refractivity contribution < 1.29 is 4.79 Å². The fraction of sp³-hybridized carbons (Fsp3) is 0.222. The van der Waals surface area contributed by atoms with Gasteiger partial charge in [-0.05, 0) is 18.6 Å². The average Bonchev–Trinajstić information content (AvgIpc) is 2.31. The minimum absolute atomic E-state index is 0.248. The summed E-state index contributed by atoms with van der Waals surface area (Å²) in [6.07, 6.45) is -0.917. The highest BCUT2D eigenvalue weighted by Crippen LogP contribution is 2.33. The highest BCUT2D eigenvalue weighted by Gasteiger charge is 2.30. The molecule has 1 aliphatic heterocycles. The molecule has 4 N–H and O–H groups in total. The smallest absolute Gasteiger partial charge is 0.247 e. The normalized spacial score (nSPS) is 20.1. The molecule has 0 spiro atoms. The van der Waals surface area contributed by atoms with Crippen LogP contribution in [-0.2, 0) is 0 Å². The van der Waals surface area contributed by atoms with Gasteiger partial charge in [-0.1, -0.05) is 6.07 Å². The number of amides is 1. The molecule has 0 saturated carbocycles. The lowest BCUT2D eigenvalue weighted by Gasteiger charge is -2.26. The van der Waals surface area contributed by atoms with Gasteiger partial charge in [0.05, 0.1) is 11.7 Å². The molecule has 0 aliphatic carbocycles. The Morgan fingerprint density at radius 2 is 2.14 bits per heavy atom. The largest absolute Gasteiger partial charge is 0.755 e. The van der Waals surface area contributed by atoms with Crippen molar-refractivity contribution in [2.24, 2.45) is 5.73 Å². The fourth-order valence-electron chi connectivity index (χ4n) is 1.69. The number of carbonyl (C=O) groups is 1. The Kier molecular flexibility index (Phi) is 1.73. The SMILES string of the molecule is Cc1cc(N)c2c(c1)C(N)N([O-])C2=O. The number of fused-ring (bicyclic) bond motifs is 1. The van der Waals surface area contributed by atoms with Crippen LogP contribution in [0.2, 0.25) is 0 Å². The van der Waals surface area contributed by atoms with Crippen molar-refractivity contribution in [3.63, 3.8) is 0 Å². The summed E-state index contributed by atoms with van der Waals surface area (Å²) in [5.41, 5.74) is 13.2. The summed E-state index contributed by atoms with van der Waals surface area (Å²) in [5, 5.41) is 11.5. The third-order valence-corrected chi connectivity index (χ3v) is 2.33. The summed E-state index contributed by atoms with van der Waals surface area (Å²) in [4.78, 5) is 11.4. The van der Waals surface area contributed by atoms with E-state index < -0.39 is 12.1 Å². The van der Waals surface area contributed by atoms with Crippen LogP contribution in [0.3, 0.4) is 0 Å². The number of benzene rings is 1. The van der Waals surface area contributed by atoms with Crippen LogP contribution in [0.4, 0.5) is 5.69 Å². The van der Waals surface area contributed by atoms with Crippen molar-refractivity contribution in [3.05, 3.63) is 34.0 Å². The van der Waals surface area contributed by atoms with Crippen LogP contribution in [0, 0.1) is 12.1 Å². The molecule has 14 heavy (non-hydrogen) atoms. The van der Waals surface area contributed by atoms with Crippen LogP contribution in [0.25, 0.3) is 0 Å². The van der Waals surface area contributed by atoms with E-state index in [1.165, 1.54) is 0 Å². The van der Waals surface area contributed by atoms with Crippen LogP contribution in [-0.4, -0.2) is 11.0 Å². The number of carbonyl (C=O) groups excluding carboxylic acids is 1. The molecule has 0 bridgehead atoms. The molecule has 5 nitrogen and oxygen atoms in total. The van der Waals surface area contributed by atoms with Crippen molar-refractivity contribution in [3.8, 4) is 0 Å². The number of hydrogen-bond acceptors (Lipinski definition) is 4. The van der Waals surface area contributed by atoms with Gasteiger partial charge in [-0.25, -0.2) is 0 Å². The first-order valence-electron chi connectivity index (χ1n) is 4.18. The molecule has 1 heterocycles. The van der Waals surface area contributed by atoms with E-state index in [4.69, 9.17) is 11.5 Å². The van der Waals surface area contributed by atoms with Gasteiger partial charge in [0.1, 0.15) is 0 Å². The minimum Gasteiger partial charge on any atom is -0.755 e. The third kappa shape index (κ3) is 0.997. The zero-order valence-corrected chi connectivity index (χ0v) is 7.65. The molecule has 1 aromatic carbocycles. The van der Waals surface area contributed by atoms with E-state index in [0.717, 1.165) is 5.56 Å². The van der Waals surface area contributed by atoms with Gasteiger partial charge in [-0.15, -0.1) is 0 Å². The fourth-order valence-corrected chi connectivity index (χ4v) is 1.69. The van der Waals surface area contributed by atoms with E-state index in [1.807, 2.05) is 6.92 Å². The summed E-state index contributed by atoms with van der Waals surface area (Å²) < 4.78 is 0. The monoisotopic (exact) mass is 192 g/mol. The number of nitrogen functional groups attached to an aromatic ring is 1. The van der Waals surface area contributed by atoms with Gasteiger partial charge in [-0.3, -0.25) is 4.79 Å². The molecule has 5 heteroatoms. The maximum absolute atomic E-state index is 11.4. The molecule has 74 valence electrons. The highest BCUT2D eigenvalue weighted by molar-refractivity contribution is 6.04. The number of nitrogens with zero attached hydrogens (tertiary/aromatic N) is 1. The Hall–Kier alpha value is -1.59. The van der Waals surface area contributed by atoms with Gasteiger partial charge in [0.25, 0.3) is 0 Å². The molecule has 1 aromatic rings. The zero-order chi connectivity index (χ0) is 10.5. The van der Waals surface area contributed by atoms with Crippen LogP contribution >= 0.6 is 0 Å². The average molecular weight is 192 g/mol. The first-order chi connectivity index (χ1) is 6.52. The summed E-state index contributed by atoms with van der Waals surface area (Å²) in [7, 11) is 0. The van der Waals surface area contributed by atoms with Crippen molar-refractivity contribution in [2.75, 3.05) is 5.73 Å². The second-order valence-electron chi connectivity index (χ2n) is 3.39. The predicted molar refractivity (Wildman–Crippen MR) is 52.1 cm³/mol. The van der Waals surface area contributed by atoms with Gasteiger partial charge >= 0.3 is 0 Å². The topological polar surface area (TPSA) is 95.4 Å². The molecular formula is C9H10N3O2-. The molecule has 1 unspecified atom stereocenters. The molecule has 1 aliphatic rings. The van der Waals surface area contributed by atoms with Crippen molar-refractivity contribution in [1.29, 1.82) is 0 Å². The van der Waals surface area contributed by atoms with Gasteiger partial charge in [0, 0.05) is 11.3 Å². The molecule has 0 saturated heterocycles. The van der Waals surface area contributed by atoms with Gasteiger partial charge in [-0.2, -0.15) is 0 Å². The Labute approximate surface area is 80.9 Å². The second kappa shape index (κ2) is 2.70. The van der Waals surface area contributed by atoms with Crippen LogP contribution in [0.5, 0.6) is 0 Å². The lowest BCUT2D eigenvalue weighted by atomic mass is 10.0. The van der Waals surface area contributed by atoms with Gasteiger partial charge < -0.3 is 21.7 Å². The number of aryl methyl sites for hydroxylation is 1. The molecule has 0 fully saturated rings. The summed E-state index contributed by atoms with van der Waals surface area (Å²) in [6.45, 7) is 1.83. The van der Waals surface area contributed by atoms with Gasteiger partial charge in [0.15, 0.2) is 0 Å². The number of nitrogens with two attached hydrogens (primary N) is 2. The quantitative estimate of drug-likeness (QED) is 0.584. The second-order valence-corrected chi connectivity index (χ2v) is 3.39. The maximum Gasteiger partial charge on any atom is 0.247 e. The number of hydrogen-bond donors (Lipinski definition) is 2. The van der Waals surface area contributed by atoms with E-state index in [1.54, 1.807) is 12.1 Å². The summed E-state index contributed by atoms with van der Waals surface area (Å²) in [5.74, 6) is -0.648. The van der Waals surface area contributed by atoms with E-state index in [9.17, 15) is 10.0 Å². The minimum atomic E-state index is -0.917. The lowest BCUT2D eigenvalue weighted by molar-refractivity contribution is 0.0811. The first-order valence-corrected chi connectivity index (χ1v) is 4.18. The lowest BCUT2D eigenvalue weighted by Crippen LogP contribution is -2.26. The van der Waals surface area contributed by atoms with Crippen molar-refractivity contribution in [1.82, 2.24) is 5.06 Å². The van der Waals surface area contributed by atoms with Gasteiger partial charge in [0.2, 0.25) is 5.91 Å². The predicted octanol–water partition coefficient (Wildman–Crippen LogP) is 0.488. The Morgan fingerprint density at radius 1 is 1.50 bits per heavy atom. The Morgan fingerprint density at radius 3 is 2.79 bits per heavy atom. The molecule has 0 aromatic heterocycles. The molecule has 0 radical (unpaired) electrons. The summed E-state index contributed by atoms with van der Waals surface area (Å²) in [6, 6.07) is 3.37. The molecule has 1 atom stereocenters. The standard InChI is InChI=1S/C9H10N3O2/c1-4-2-5-7(6(10)3-4)9(13)12(14)8(5)11/h2-3,8H,10-11H2,1H3/q-1. The number of anilines is 1. The number of rotatable bonds is 0. The van der Waals surface area contributed by atoms with E-state index in [0.29, 0.717) is 11.3 Å². The van der Waals surface area contributed by atoms with Crippen LogP contribution in [0.1, 0.15) is 27.7 Å². The van der Waals surface area contributed by atoms with E-state index >= 15 is 0 Å². The van der Waals surface area contributed by atoms with E-state index in [2.05, 4.69) is 0 Å². The van der Waals surface area contributed by atoms with E-state index in [-0.39, 0.29) is 10.6 Å². The van der Waals surface area contributed by atoms with Crippen LogP contribution < -0.4 is 11.5 Å². The van der Waals surface area contributed by atoms with Crippen molar-refractivity contribution in [2.45, 2.75) is 13.1 Å². The third-order valence-electron chi connectivity index (χ3n) is 2.33. The number of hydroxylamine groups is 2. The molecular weight excluding hydrogens is 182 g/mol. The Bertz CT molecular complexity index is 417. The molecule has 2 rings (SSSR count). The zero-order valence-electron chi connectivity index (χ0n) is 7.65. The first kappa shape index (κ1) is 8.98. The maximum atomic E-state index is 11.4. The Balaban J connectivity index is 2.69. The van der Waals surface area contributed by atoms with Crippen LogP contribution in [0.15, 0.2) is 12.1 Å². The summed E-state index contributed by atoms with van der Waals surface area (Å²) >= 11 is 0. The van der Waals surface area contributed by atoms with Crippen molar-refractivity contribution >= 4 is 11.6 Å².